The second-order valence-electron chi connectivity index (χ2n) is 5.21. The molecule has 1 heterocycles. The van der Waals surface area contributed by atoms with Crippen molar-refractivity contribution in [1.29, 1.82) is 0 Å². The molecule has 8 heteroatoms. The molecular weight excluding hydrogens is 361 g/mol. The van der Waals surface area contributed by atoms with Gasteiger partial charge < -0.3 is 16.0 Å². The minimum atomic E-state index is -0.659. The Balaban J connectivity index is 0.00000264. The summed E-state index contributed by atoms with van der Waals surface area (Å²) in [6, 6.07) is 4.95. The first-order valence-corrected chi connectivity index (χ1v) is 8.04. The topological polar surface area (TPSA) is 75.4 Å². The van der Waals surface area contributed by atoms with Gasteiger partial charge in [0.25, 0.3) is 0 Å². The van der Waals surface area contributed by atoms with Gasteiger partial charge in [-0.15, -0.1) is 12.4 Å². The number of unbranched alkanes of at least 4 members (excludes halogenated alkanes) is 1. The molecule has 0 aromatic heterocycles. The summed E-state index contributed by atoms with van der Waals surface area (Å²) in [5, 5.41) is 3.73. The van der Waals surface area contributed by atoms with Crippen molar-refractivity contribution in [2.45, 2.75) is 19.3 Å². The van der Waals surface area contributed by atoms with Crippen LogP contribution in [0.1, 0.15) is 19.3 Å². The summed E-state index contributed by atoms with van der Waals surface area (Å²) in [5.74, 6) is -1.13. The molecule has 0 bridgehead atoms. The molecule has 0 spiro atoms. The maximum absolute atomic E-state index is 12.4. The number of amides is 2. The molecule has 0 radical (unpaired) electrons. The summed E-state index contributed by atoms with van der Waals surface area (Å²) in [6.45, 7) is 1.59. The number of nitrogens with one attached hydrogen (secondary N) is 1. The lowest BCUT2D eigenvalue weighted by atomic mass is 10.1. The molecule has 1 aromatic rings. The molecule has 1 unspecified atom stereocenters. The van der Waals surface area contributed by atoms with Crippen LogP contribution in [0.15, 0.2) is 18.2 Å². The average molecular weight is 381 g/mol. The van der Waals surface area contributed by atoms with Crippen LogP contribution in [0, 0.1) is 5.92 Å². The van der Waals surface area contributed by atoms with E-state index in [0.717, 1.165) is 12.8 Å². The molecule has 23 heavy (non-hydrogen) atoms. The molecule has 1 aliphatic heterocycles. The van der Waals surface area contributed by atoms with Gasteiger partial charge >= 0.3 is 0 Å². The van der Waals surface area contributed by atoms with E-state index in [1.807, 2.05) is 0 Å². The molecule has 0 saturated carbocycles. The van der Waals surface area contributed by atoms with E-state index in [1.165, 1.54) is 4.90 Å². The number of halogens is 3. The van der Waals surface area contributed by atoms with E-state index >= 15 is 0 Å². The highest BCUT2D eigenvalue weighted by molar-refractivity contribution is 6.36. The van der Waals surface area contributed by atoms with Crippen LogP contribution < -0.4 is 16.0 Å². The zero-order chi connectivity index (χ0) is 16.1. The molecule has 1 fully saturated rings. The lowest BCUT2D eigenvalue weighted by molar-refractivity contribution is -0.132. The zero-order valence-electron chi connectivity index (χ0n) is 12.6. The predicted octanol–water partition coefficient (Wildman–Crippen LogP) is 2.62. The molecule has 5 nitrogen and oxygen atoms in total. The highest BCUT2D eigenvalue weighted by Crippen LogP contribution is 2.33. The van der Waals surface area contributed by atoms with Gasteiger partial charge in [0, 0.05) is 18.1 Å². The van der Waals surface area contributed by atoms with Crippen LogP contribution in [-0.2, 0) is 9.59 Å². The van der Waals surface area contributed by atoms with Gasteiger partial charge in [-0.05, 0) is 44.0 Å². The van der Waals surface area contributed by atoms with Gasteiger partial charge in [0.2, 0.25) is 11.8 Å². The number of nitrogens with two attached hydrogens (primary N) is 1. The smallest absolute Gasteiger partial charge is 0.239 e. The number of nitrogens with zero attached hydrogens (tertiary/aromatic N) is 1. The number of hydrogen-bond donors (Lipinski definition) is 2. The van der Waals surface area contributed by atoms with Crippen LogP contribution in [0.5, 0.6) is 0 Å². The third-order valence-corrected chi connectivity index (χ3v) is 4.21. The number of hydrogen-bond acceptors (Lipinski definition) is 3. The maximum Gasteiger partial charge on any atom is 0.239 e. The highest BCUT2D eigenvalue weighted by Gasteiger charge is 2.38. The SMILES string of the molecule is Cl.NCCCCNC(=O)C1CCN(c2cc(Cl)ccc2Cl)C1=O. The summed E-state index contributed by atoms with van der Waals surface area (Å²) < 4.78 is 0. The summed E-state index contributed by atoms with van der Waals surface area (Å²) >= 11 is 12.1. The van der Waals surface area contributed by atoms with Crippen molar-refractivity contribution in [3.63, 3.8) is 0 Å². The lowest BCUT2D eigenvalue weighted by Crippen LogP contribution is -2.37. The summed E-state index contributed by atoms with van der Waals surface area (Å²) in [7, 11) is 0. The van der Waals surface area contributed by atoms with Crippen LogP contribution in [0.2, 0.25) is 10.0 Å². The summed E-state index contributed by atoms with van der Waals surface area (Å²) in [4.78, 5) is 26.1. The van der Waals surface area contributed by atoms with E-state index in [4.69, 9.17) is 28.9 Å². The Bertz CT molecular complexity index is 569. The molecule has 1 aromatic carbocycles. The van der Waals surface area contributed by atoms with Crippen molar-refractivity contribution >= 4 is 53.1 Å². The fraction of sp³-hybridized carbons (Fsp3) is 0.467. The van der Waals surface area contributed by atoms with Crippen LogP contribution in [0.25, 0.3) is 0 Å². The normalized spacial score (nSPS) is 17.1. The third kappa shape index (κ3) is 4.98. The lowest BCUT2D eigenvalue weighted by Gasteiger charge is -2.18. The van der Waals surface area contributed by atoms with E-state index in [0.29, 0.717) is 41.8 Å². The fourth-order valence-electron chi connectivity index (χ4n) is 2.46. The zero-order valence-corrected chi connectivity index (χ0v) is 14.9. The van der Waals surface area contributed by atoms with E-state index in [-0.39, 0.29) is 24.2 Å². The Morgan fingerprint density at radius 3 is 2.78 bits per heavy atom. The van der Waals surface area contributed by atoms with Gasteiger partial charge in [-0.3, -0.25) is 9.59 Å². The predicted molar refractivity (Wildman–Crippen MR) is 95.5 cm³/mol. The number of carbonyl (C=O) groups excluding carboxylic acids is 2. The van der Waals surface area contributed by atoms with Crippen LogP contribution >= 0.6 is 35.6 Å². The summed E-state index contributed by atoms with van der Waals surface area (Å²) in [5.41, 5.74) is 5.96. The molecule has 1 atom stereocenters. The molecule has 3 N–H and O–H groups in total. The first kappa shape index (κ1) is 20.0. The first-order chi connectivity index (χ1) is 10.5. The van der Waals surface area contributed by atoms with Gasteiger partial charge in [0.15, 0.2) is 0 Å². The second kappa shape index (κ2) is 9.33. The van der Waals surface area contributed by atoms with E-state index in [2.05, 4.69) is 5.32 Å². The monoisotopic (exact) mass is 379 g/mol. The molecule has 2 rings (SSSR count). The van der Waals surface area contributed by atoms with Crippen molar-refractivity contribution < 1.29 is 9.59 Å². The number of benzene rings is 1. The Hall–Kier alpha value is -1.01. The molecular formula is C15H20Cl3N3O2. The Kier molecular flexibility index (Phi) is 8.12. The van der Waals surface area contributed by atoms with Gasteiger partial charge in [0.1, 0.15) is 5.92 Å². The van der Waals surface area contributed by atoms with Crippen LogP contribution in [0.3, 0.4) is 0 Å². The molecule has 0 aliphatic carbocycles. The van der Waals surface area contributed by atoms with Crippen molar-refractivity contribution in [2.24, 2.45) is 11.7 Å². The van der Waals surface area contributed by atoms with Crippen molar-refractivity contribution in [3.05, 3.63) is 28.2 Å². The van der Waals surface area contributed by atoms with Crippen LogP contribution in [0.4, 0.5) is 5.69 Å². The first-order valence-electron chi connectivity index (χ1n) is 7.29. The molecule has 2 amide bonds. The quantitative estimate of drug-likeness (QED) is 0.588. The van der Waals surface area contributed by atoms with Gasteiger partial charge in [-0.1, -0.05) is 23.2 Å². The van der Waals surface area contributed by atoms with Crippen molar-refractivity contribution in [1.82, 2.24) is 5.32 Å². The van der Waals surface area contributed by atoms with Crippen molar-refractivity contribution in [3.8, 4) is 0 Å². The Morgan fingerprint density at radius 2 is 2.09 bits per heavy atom. The van der Waals surface area contributed by atoms with E-state index in [1.54, 1.807) is 18.2 Å². The van der Waals surface area contributed by atoms with Gasteiger partial charge in [0.05, 0.1) is 10.7 Å². The number of anilines is 1. The van der Waals surface area contributed by atoms with Gasteiger partial charge in [-0.2, -0.15) is 0 Å². The minimum absolute atomic E-state index is 0. The standard InChI is InChI=1S/C15H19Cl2N3O2.ClH/c16-10-3-4-12(17)13(9-10)20-8-5-11(15(20)22)14(21)19-7-2-1-6-18;/h3-4,9,11H,1-2,5-8,18H2,(H,19,21);1H. The van der Waals surface area contributed by atoms with E-state index in [9.17, 15) is 9.59 Å². The minimum Gasteiger partial charge on any atom is -0.355 e. The average Bonchev–Trinajstić information content (AvgIpc) is 2.87. The Labute approximate surface area is 151 Å². The van der Waals surface area contributed by atoms with Crippen molar-refractivity contribution in [2.75, 3.05) is 24.5 Å². The Morgan fingerprint density at radius 1 is 1.35 bits per heavy atom. The van der Waals surface area contributed by atoms with E-state index < -0.39 is 5.92 Å². The largest absolute Gasteiger partial charge is 0.355 e. The third-order valence-electron chi connectivity index (χ3n) is 3.65. The molecule has 1 saturated heterocycles. The highest BCUT2D eigenvalue weighted by atomic mass is 35.5. The number of rotatable bonds is 6. The summed E-state index contributed by atoms with van der Waals surface area (Å²) in [6.07, 6.45) is 2.14. The second-order valence-corrected chi connectivity index (χ2v) is 6.06. The molecule has 1 aliphatic rings. The maximum atomic E-state index is 12.4. The van der Waals surface area contributed by atoms with Gasteiger partial charge in [-0.25, -0.2) is 0 Å². The van der Waals surface area contributed by atoms with Crippen LogP contribution in [-0.4, -0.2) is 31.4 Å². The molecule has 128 valence electrons. The number of carbonyl (C=O) groups is 2. The fourth-order valence-corrected chi connectivity index (χ4v) is 2.85.